The van der Waals surface area contributed by atoms with Crippen molar-refractivity contribution in [3.63, 3.8) is 0 Å². The van der Waals surface area contributed by atoms with Crippen LogP contribution in [0.25, 0.3) is 6.08 Å². The van der Waals surface area contributed by atoms with E-state index in [9.17, 15) is 9.59 Å². The van der Waals surface area contributed by atoms with E-state index < -0.39 is 11.6 Å². The Hall–Kier alpha value is -4.06. The molecular formula is C30H33NO5. The lowest BCUT2D eigenvalue weighted by molar-refractivity contribution is -0.111. The molecule has 0 aliphatic rings. The largest absolute Gasteiger partial charge is 0.493 e. The molecule has 0 spiro atoms. The van der Waals surface area contributed by atoms with Gasteiger partial charge < -0.3 is 19.5 Å². The van der Waals surface area contributed by atoms with E-state index in [2.05, 4.69) is 17.4 Å². The molecule has 1 amide bonds. The SMILES string of the molecule is COc1ccc(/C=C/C(=O)Nc2cc(CCc3ccccc3)ccc2C(=O)OC(C)(C)C)cc1OC. The summed E-state index contributed by atoms with van der Waals surface area (Å²) < 4.78 is 16.1. The van der Waals surface area contributed by atoms with Gasteiger partial charge in [-0.3, -0.25) is 4.79 Å². The lowest BCUT2D eigenvalue weighted by atomic mass is 10.0. The van der Waals surface area contributed by atoms with Gasteiger partial charge in [0.25, 0.3) is 0 Å². The van der Waals surface area contributed by atoms with Gasteiger partial charge in [0.05, 0.1) is 25.5 Å². The molecule has 0 bridgehead atoms. The molecule has 6 heteroatoms. The molecule has 0 aliphatic carbocycles. The predicted molar refractivity (Wildman–Crippen MR) is 143 cm³/mol. The molecule has 0 radical (unpaired) electrons. The number of hydrogen-bond donors (Lipinski definition) is 1. The number of ether oxygens (including phenoxy) is 3. The maximum Gasteiger partial charge on any atom is 0.340 e. The number of amides is 1. The van der Waals surface area contributed by atoms with Crippen LogP contribution in [0.2, 0.25) is 0 Å². The molecule has 3 rings (SSSR count). The molecule has 0 unspecified atom stereocenters. The Balaban J connectivity index is 1.81. The molecule has 0 saturated heterocycles. The maximum atomic E-state index is 12.8. The summed E-state index contributed by atoms with van der Waals surface area (Å²) in [6, 6.07) is 21.0. The number of rotatable bonds is 9. The minimum absolute atomic E-state index is 0.307. The maximum absolute atomic E-state index is 12.8. The standard InChI is InChI=1S/C30H33NO5/c1-30(2,3)36-29(33)24-16-13-22(12-11-21-9-7-6-8-10-21)19-25(24)31-28(32)18-15-23-14-17-26(34-4)27(20-23)35-5/h6-10,13-20H,11-12H2,1-5H3,(H,31,32)/b18-15+. The van der Waals surface area contributed by atoms with Gasteiger partial charge in [-0.2, -0.15) is 0 Å². The first kappa shape index (κ1) is 26.5. The zero-order valence-corrected chi connectivity index (χ0v) is 21.5. The average Bonchev–Trinajstić information content (AvgIpc) is 2.85. The number of esters is 1. The highest BCUT2D eigenvalue weighted by Crippen LogP contribution is 2.28. The lowest BCUT2D eigenvalue weighted by Gasteiger charge is -2.21. The highest BCUT2D eigenvalue weighted by Gasteiger charge is 2.21. The van der Waals surface area contributed by atoms with Crippen molar-refractivity contribution < 1.29 is 23.8 Å². The van der Waals surface area contributed by atoms with Gasteiger partial charge in [-0.15, -0.1) is 0 Å². The number of carbonyl (C=O) groups excluding carboxylic acids is 2. The molecule has 3 aromatic rings. The minimum atomic E-state index is -0.655. The fraction of sp³-hybridized carbons (Fsp3) is 0.267. The van der Waals surface area contributed by atoms with E-state index in [0.717, 1.165) is 24.0 Å². The zero-order valence-electron chi connectivity index (χ0n) is 21.5. The van der Waals surface area contributed by atoms with Crippen LogP contribution >= 0.6 is 0 Å². The van der Waals surface area contributed by atoms with E-state index in [4.69, 9.17) is 14.2 Å². The van der Waals surface area contributed by atoms with Crippen molar-refractivity contribution in [3.05, 3.63) is 95.1 Å². The van der Waals surface area contributed by atoms with Gasteiger partial charge >= 0.3 is 5.97 Å². The summed E-state index contributed by atoms with van der Waals surface area (Å²) in [5.41, 5.74) is 3.06. The molecule has 0 saturated carbocycles. The Morgan fingerprint density at radius 3 is 2.19 bits per heavy atom. The Bertz CT molecular complexity index is 1230. The fourth-order valence-electron chi connectivity index (χ4n) is 3.60. The minimum Gasteiger partial charge on any atom is -0.493 e. The van der Waals surface area contributed by atoms with Gasteiger partial charge in [-0.05, 0) is 80.6 Å². The topological polar surface area (TPSA) is 73.9 Å². The van der Waals surface area contributed by atoms with Crippen molar-refractivity contribution in [2.75, 3.05) is 19.5 Å². The summed E-state index contributed by atoms with van der Waals surface area (Å²) in [5, 5.41) is 2.85. The molecule has 0 fully saturated rings. The summed E-state index contributed by atoms with van der Waals surface area (Å²) in [5.74, 6) is 0.317. The van der Waals surface area contributed by atoms with E-state index in [0.29, 0.717) is 22.7 Å². The first-order valence-electron chi connectivity index (χ1n) is 11.8. The monoisotopic (exact) mass is 487 g/mol. The molecular weight excluding hydrogens is 454 g/mol. The molecule has 3 aromatic carbocycles. The van der Waals surface area contributed by atoms with Crippen molar-refractivity contribution in [2.45, 2.75) is 39.2 Å². The number of nitrogens with one attached hydrogen (secondary N) is 1. The third-order valence-electron chi connectivity index (χ3n) is 5.34. The van der Waals surface area contributed by atoms with Gasteiger partial charge in [-0.25, -0.2) is 4.79 Å². The number of aryl methyl sites for hydroxylation is 2. The second kappa shape index (κ2) is 12.1. The van der Waals surface area contributed by atoms with Crippen LogP contribution in [0.4, 0.5) is 5.69 Å². The summed E-state index contributed by atoms with van der Waals surface area (Å²) in [4.78, 5) is 25.7. The van der Waals surface area contributed by atoms with Crippen molar-refractivity contribution in [1.82, 2.24) is 0 Å². The van der Waals surface area contributed by atoms with Gasteiger partial charge in [0.1, 0.15) is 5.60 Å². The molecule has 1 N–H and O–H groups in total. The number of hydrogen-bond acceptors (Lipinski definition) is 5. The summed E-state index contributed by atoms with van der Waals surface area (Å²) >= 11 is 0. The Kier molecular flexibility index (Phi) is 8.90. The van der Waals surface area contributed by atoms with Crippen LogP contribution in [0, 0.1) is 0 Å². The van der Waals surface area contributed by atoms with Crippen LogP contribution in [0.5, 0.6) is 11.5 Å². The number of anilines is 1. The van der Waals surface area contributed by atoms with Crippen LogP contribution < -0.4 is 14.8 Å². The average molecular weight is 488 g/mol. The summed E-state index contributed by atoms with van der Waals surface area (Å²) in [7, 11) is 3.12. The Morgan fingerprint density at radius 2 is 1.53 bits per heavy atom. The number of methoxy groups -OCH3 is 2. The van der Waals surface area contributed by atoms with Gasteiger partial charge in [0.15, 0.2) is 11.5 Å². The number of benzene rings is 3. The van der Waals surface area contributed by atoms with Gasteiger partial charge in [0, 0.05) is 6.08 Å². The second-order valence-corrected chi connectivity index (χ2v) is 9.30. The fourth-order valence-corrected chi connectivity index (χ4v) is 3.60. The third kappa shape index (κ3) is 7.73. The van der Waals surface area contributed by atoms with Gasteiger partial charge in [0.2, 0.25) is 5.91 Å². The molecule has 36 heavy (non-hydrogen) atoms. The lowest BCUT2D eigenvalue weighted by Crippen LogP contribution is -2.25. The third-order valence-corrected chi connectivity index (χ3v) is 5.34. The van der Waals surface area contributed by atoms with Crippen LogP contribution in [0.3, 0.4) is 0 Å². The van der Waals surface area contributed by atoms with Crippen molar-refractivity contribution >= 4 is 23.6 Å². The smallest absolute Gasteiger partial charge is 0.340 e. The van der Waals surface area contributed by atoms with Gasteiger partial charge in [-0.1, -0.05) is 42.5 Å². The molecule has 0 atom stereocenters. The van der Waals surface area contributed by atoms with E-state index in [1.807, 2.05) is 57.2 Å². The zero-order chi connectivity index (χ0) is 26.1. The van der Waals surface area contributed by atoms with E-state index in [1.54, 1.807) is 38.5 Å². The summed E-state index contributed by atoms with van der Waals surface area (Å²) in [6.45, 7) is 5.43. The second-order valence-electron chi connectivity index (χ2n) is 9.30. The van der Waals surface area contributed by atoms with E-state index in [1.165, 1.54) is 11.6 Å². The molecule has 0 aliphatic heterocycles. The van der Waals surface area contributed by atoms with E-state index >= 15 is 0 Å². The van der Waals surface area contributed by atoms with Crippen LogP contribution in [-0.2, 0) is 22.4 Å². The highest BCUT2D eigenvalue weighted by atomic mass is 16.6. The first-order chi connectivity index (χ1) is 17.2. The van der Waals surface area contributed by atoms with Crippen molar-refractivity contribution in [3.8, 4) is 11.5 Å². The van der Waals surface area contributed by atoms with Crippen LogP contribution in [-0.4, -0.2) is 31.7 Å². The quantitative estimate of drug-likeness (QED) is 0.292. The highest BCUT2D eigenvalue weighted by molar-refractivity contribution is 6.06. The van der Waals surface area contributed by atoms with Crippen LogP contribution in [0.15, 0.2) is 72.8 Å². The Labute approximate surface area is 212 Å². The predicted octanol–water partition coefficient (Wildman–Crippen LogP) is 6.10. The molecule has 6 nitrogen and oxygen atoms in total. The molecule has 0 aromatic heterocycles. The first-order valence-corrected chi connectivity index (χ1v) is 11.8. The normalized spacial score (nSPS) is 11.2. The summed E-state index contributed by atoms with van der Waals surface area (Å²) in [6.07, 6.45) is 4.70. The van der Waals surface area contributed by atoms with Crippen molar-refractivity contribution in [1.29, 1.82) is 0 Å². The molecule has 188 valence electrons. The van der Waals surface area contributed by atoms with Crippen LogP contribution in [0.1, 0.15) is 47.8 Å². The van der Waals surface area contributed by atoms with E-state index in [-0.39, 0.29) is 5.91 Å². The Morgan fingerprint density at radius 1 is 0.833 bits per heavy atom. The molecule has 0 heterocycles. The van der Waals surface area contributed by atoms with Crippen molar-refractivity contribution in [2.24, 2.45) is 0 Å². The number of carbonyl (C=O) groups is 2.